The SMILES string of the molecule is CS(=O)(=O)NCCCNc1cc(NN)nc(C(F)(F)F)n1. The lowest BCUT2D eigenvalue weighted by Gasteiger charge is -2.11. The van der Waals surface area contributed by atoms with Gasteiger partial charge in [0.15, 0.2) is 0 Å². The first-order valence-corrected chi connectivity index (χ1v) is 7.62. The Morgan fingerprint density at radius 3 is 2.38 bits per heavy atom. The molecule has 0 saturated heterocycles. The van der Waals surface area contributed by atoms with Crippen LogP contribution in [0.25, 0.3) is 0 Å². The Kier molecular flexibility index (Phi) is 5.69. The second kappa shape index (κ2) is 6.87. The average Bonchev–Trinajstić information content (AvgIpc) is 2.35. The van der Waals surface area contributed by atoms with Crippen molar-refractivity contribution in [3.63, 3.8) is 0 Å². The molecule has 120 valence electrons. The monoisotopic (exact) mass is 328 g/mol. The van der Waals surface area contributed by atoms with E-state index in [-0.39, 0.29) is 24.7 Å². The lowest BCUT2D eigenvalue weighted by Crippen LogP contribution is -2.24. The molecule has 0 radical (unpaired) electrons. The number of alkyl halides is 3. The highest BCUT2D eigenvalue weighted by atomic mass is 32.2. The number of hydrazine groups is 1. The Hall–Kier alpha value is -1.66. The van der Waals surface area contributed by atoms with Crippen molar-refractivity contribution in [1.29, 1.82) is 0 Å². The van der Waals surface area contributed by atoms with Crippen molar-refractivity contribution in [3.8, 4) is 0 Å². The minimum Gasteiger partial charge on any atom is -0.370 e. The molecule has 0 bridgehead atoms. The topological polar surface area (TPSA) is 122 Å². The molecule has 0 unspecified atom stereocenters. The fourth-order valence-corrected chi connectivity index (χ4v) is 1.82. The molecule has 1 heterocycles. The molecule has 0 aliphatic carbocycles. The van der Waals surface area contributed by atoms with Crippen molar-refractivity contribution in [2.75, 3.05) is 30.1 Å². The number of nitrogens with two attached hydrogens (primary N) is 1. The van der Waals surface area contributed by atoms with E-state index in [4.69, 9.17) is 5.84 Å². The smallest absolute Gasteiger partial charge is 0.370 e. The van der Waals surface area contributed by atoms with E-state index >= 15 is 0 Å². The zero-order chi connectivity index (χ0) is 16.1. The molecule has 0 amide bonds. The fourth-order valence-electron chi connectivity index (χ4n) is 1.30. The van der Waals surface area contributed by atoms with Crippen LogP contribution in [0.5, 0.6) is 0 Å². The Morgan fingerprint density at radius 1 is 1.24 bits per heavy atom. The Labute approximate surface area is 119 Å². The largest absolute Gasteiger partial charge is 0.451 e. The van der Waals surface area contributed by atoms with Crippen molar-refractivity contribution < 1.29 is 21.6 Å². The van der Waals surface area contributed by atoms with Crippen LogP contribution in [-0.4, -0.2) is 37.7 Å². The third-order valence-electron chi connectivity index (χ3n) is 2.15. The van der Waals surface area contributed by atoms with Crippen molar-refractivity contribution in [3.05, 3.63) is 11.9 Å². The van der Waals surface area contributed by atoms with Gasteiger partial charge in [0.1, 0.15) is 11.6 Å². The van der Waals surface area contributed by atoms with Crippen molar-refractivity contribution >= 4 is 21.7 Å². The summed E-state index contributed by atoms with van der Waals surface area (Å²) >= 11 is 0. The van der Waals surface area contributed by atoms with Crippen LogP contribution >= 0.6 is 0 Å². The van der Waals surface area contributed by atoms with E-state index in [9.17, 15) is 21.6 Å². The van der Waals surface area contributed by atoms with Crippen LogP contribution < -0.4 is 21.3 Å². The van der Waals surface area contributed by atoms with Gasteiger partial charge in [0.25, 0.3) is 0 Å². The number of nitrogens with one attached hydrogen (secondary N) is 3. The van der Waals surface area contributed by atoms with Gasteiger partial charge in [0, 0.05) is 19.2 Å². The summed E-state index contributed by atoms with van der Waals surface area (Å²) in [5.74, 6) is 3.47. The normalized spacial score (nSPS) is 12.2. The molecule has 1 aromatic heterocycles. The van der Waals surface area contributed by atoms with Crippen molar-refractivity contribution in [2.45, 2.75) is 12.6 Å². The van der Waals surface area contributed by atoms with E-state index in [1.54, 1.807) is 0 Å². The van der Waals surface area contributed by atoms with Gasteiger partial charge in [0.2, 0.25) is 15.8 Å². The maximum absolute atomic E-state index is 12.6. The molecule has 0 fully saturated rings. The van der Waals surface area contributed by atoms with Crippen LogP contribution in [0, 0.1) is 0 Å². The molecule has 0 saturated carbocycles. The highest BCUT2D eigenvalue weighted by Crippen LogP contribution is 2.28. The number of sulfonamides is 1. The lowest BCUT2D eigenvalue weighted by molar-refractivity contribution is -0.144. The van der Waals surface area contributed by atoms with Gasteiger partial charge < -0.3 is 10.7 Å². The average molecular weight is 328 g/mol. The molecule has 21 heavy (non-hydrogen) atoms. The van der Waals surface area contributed by atoms with Crippen molar-refractivity contribution in [2.24, 2.45) is 5.84 Å². The molecule has 1 rings (SSSR count). The fraction of sp³-hybridized carbons (Fsp3) is 0.556. The predicted octanol–water partition coefficient (Wildman–Crippen LogP) is 0.132. The molecular formula is C9H15F3N6O2S. The molecule has 0 atom stereocenters. The summed E-state index contributed by atoms with van der Waals surface area (Å²) in [7, 11) is -3.28. The number of anilines is 2. The Morgan fingerprint density at radius 2 is 1.86 bits per heavy atom. The number of aromatic nitrogens is 2. The van der Waals surface area contributed by atoms with Crippen molar-refractivity contribution in [1.82, 2.24) is 14.7 Å². The van der Waals surface area contributed by atoms with Crippen LogP contribution in [0.3, 0.4) is 0 Å². The highest BCUT2D eigenvalue weighted by molar-refractivity contribution is 7.88. The number of nitrogen functional groups attached to an aromatic ring is 1. The number of rotatable bonds is 7. The molecular weight excluding hydrogens is 313 g/mol. The summed E-state index contributed by atoms with van der Waals surface area (Å²) in [5, 5.41) is 2.64. The van der Waals surface area contributed by atoms with E-state index in [1.165, 1.54) is 6.07 Å². The number of nitrogens with zero attached hydrogens (tertiary/aromatic N) is 2. The zero-order valence-corrected chi connectivity index (χ0v) is 11.8. The molecule has 8 nitrogen and oxygen atoms in total. The molecule has 12 heteroatoms. The van der Waals surface area contributed by atoms with E-state index in [0.717, 1.165) is 6.26 Å². The Bertz CT molecular complexity index is 577. The number of hydrogen-bond donors (Lipinski definition) is 4. The van der Waals surface area contributed by atoms with Crippen LogP contribution in [0.4, 0.5) is 24.8 Å². The summed E-state index contributed by atoms with van der Waals surface area (Å²) < 4.78 is 61.5. The first-order valence-electron chi connectivity index (χ1n) is 5.73. The maximum atomic E-state index is 12.6. The minimum atomic E-state index is -4.69. The van der Waals surface area contributed by atoms with E-state index in [0.29, 0.717) is 6.42 Å². The number of hydrogen-bond acceptors (Lipinski definition) is 7. The first kappa shape index (κ1) is 17.4. The standard InChI is InChI=1S/C9H15F3N6O2S/c1-21(19,20)15-4-2-3-14-6-5-7(18-13)17-8(16-6)9(10,11)12/h5,15H,2-4,13H2,1H3,(H2,14,16,17,18). The third-order valence-corrected chi connectivity index (χ3v) is 2.88. The summed E-state index contributed by atoms with van der Waals surface area (Å²) in [4.78, 5) is 6.51. The molecule has 5 N–H and O–H groups in total. The van der Waals surface area contributed by atoms with Gasteiger partial charge in [-0.05, 0) is 6.42 Å². The second-order valence-electron chi connectivity index (χ2n) is 4.05. The van der Waals surface area contributed by atoms with Gasteiger partial charge in [-0.3, -0.25) is 0 Å². The molecule has 0 spiro atoms. The summed E-state index contributed by atoms with van der Waals surface area (Å²) in [6.45, 7) is 0.381. The predicted molar refractivity (Wildman–Crippen MR) is 70.8 cm³/mol. The van der Waals surface area contributed by atoms with Gasteiger partial charge in [-0.25, -0.2) is 29.0 Å². The summed E-state index contributed by atoms with van der Waals surface area (Å²) in [5.41, 5.74) is 2.02. The quantitative estimate of drug-likeness (QED) is 0.319. The molecule has 1 aromatic rings. The molecule has 0 aliphatic rings. The van der Waals surface area contributed by atoms with Gasteiger partial charge in [-0.15, -0.1) is 0 Å². The van der Waals surface area contributed by atoms with Crippen LogP contribution in [0.1, 0.15) is 12.2 Å². The van der Waals surface area contributed by atoms with Gasteiger partial charge in [-0.2, -0.15) is 13.2 Å². The first-order chi connectivity index (χ1) is 9.62. The summed E-state index contributed by atoms with van der Waals surface area (Å²) in [6, 6.07) is 1.21. The number of halogens is 3. The van der Waals surface area contributed by atoms with Crippen LogP contribution in [-0.2, 0) is 16.2 Å². The van der Waals surface area contributed by atoms with Gasteiger partial charge in [0.05, 0.1) is 6.26 Å². The van der Waals surface area contributed by atoms with E-state index < -0.39 is 22.0 Å². The lowest BCUT2D eigenvalue weighted by atomic mass is 10.4. The highest BCUT2D eigenvalue weighted by Gasteiger charge is 2.35. The van der Waals surface area contributed by atoms with Crippen LogP contribution in [0.2, 0.25) is 0 Å². The second-order valence-corrected chi connectivity index (χ2v) is 5.88. The summed E-state index contributed by atoms with van der Waals surface area (Å²) in [6.07, 6.45) is -3.31. The zero-order valence-electron chi connectivity index (χ0n) is 11.0. The Balaban J connectivity index is 2.62. The molecule has 0 aromatic carbocycles. The third kappa shape index (κ3) is 6.55. The van der Waals surface area contributed by atoms with E-state index in [2.05, 4.69) is 20.0 Å². The van der Waals surface area contributed by atoms with Gasteiger partial charge in [-0.1, -0.05) is 0 Å². The van der Waals surface area contributed by atoms with Gasteiger partial charge >= 0.3 is 6.18 Å². The van der Waals surface area contributed by atoms with E-state index in [1.807, 2.05) is 5.43 Å². The minimum absolute atomic E-state index is 0.0652. The molecule has 0 aliphatic heterocycles. The maximum Gasteiger partial charge on any atom is 0.451 e. The van der Waals surface area contributed by atoms with Crippen LogP contribution in [0.15, 0.2) is 6.07 Å².